The van der Waals surface area contributed by atoms with Gasteiger partial charge in [-0.25, -0.2) is 14.6 Å². The number of aryl methyl sites for hydroxylation is 1. The van der Waals surface area contributed by atoms with Gasteiger partial charge in [-0.05, 0) is 52.2 Å². The van der Waals surface area contributed by atoms with Gasteiger partial charge in [-0.3, -0.25) is 4.79 Å². The highest BCUT2D eigenvalue weighted by Crippen LogP contribution is 2.29. The molecule has 7 heteroatoms. The van der Waals surface area contributed by atoms with E-state index in [1.54, 1.807) is 23.1 Å². The number of benzene rings is 1. The number of nitrogens with zero attached hydrogens (tertiary/aromatic N) is 4. The van der Waals surface area contributed by atoms with Crippen LogP contribution in [-0.4, -0.2) is 25.7 Å². The van der Waals surface area contributed by atoms with Crippen LogP contribution in [0.5, 0.6) is 0 Å². The van der Waals surface area contributed by atoms with Gasteiger partial charge in [0.05, 0.1) is 5.69 Å². The monoisotopic (exact) mass is 421 g/mol. The Kier molecular flexibility index (Phi) is 4.68. The van der Waals surface area contributed by atoms with E-state index in [1.807, 2.05) is 37.3 Å². The summed E-state index contributed by atoms with van der Waals surface area (Å²) in [6, 6.07) is 15.6. The zero-order valence-corrected chi connectivity index (χ0v) is 16.1. The standard InChI is InChI=1S/C20H16BrN5O/c1-13-19-16(14-5-3-2-4-6-14)9-10-22-20(19)26(25-13)12-18(27)24-17-8-7-15(21)11-23-17/h2-11H,12H2,1H3,(H,23,24,27). The molecule has 0 aliphatic carbocycles. The number of fused-ring (bicyclic) bond motifs is 1. The number of nitrogens with one attached hydrogen (secondary N) is 1. The molecule has 3 aromatic heterocycles. The van der Waals surface area contributed by atoms with Crippen LogP contribution in [0.25, 0.3) is 22.2 Å². The van der Waals surface area contributed by atoms with Gasteiger partial charge in [0.15, 0.2) is 5.65 Å². The normalized spacial score (nSPS) is 10.9. The molecule has 0 atom stereocenters. The summed E-state index contributed by atoms with van der Waals surface area (Å²) in [5, 5.41) is 8.27. The number of rotatable bonds is 4. The summed E-state index contributed by atoms with van der Waals surface area (Å²) >= 11 is 3.32. The summed E-state index contributed by atoms with van der Waals surface area (Å²) in [6.07, 6.45) is 3.38. The fraction of sp³-hybridized carbons (Fsp3) is 0.100. The number of hydrogen-bond acceptors (Lipinski definition) is 4. The third-order valence-corrected chi connectivity index (χ3v) is 4.65. The lowest BCUT2D eigenvalue weighted by atomic mass is 10.0. The number of pyridine rings is 2. The Bertz CT molecular complexity index is 1110. The maximum absolute atomic E-state index is 12.4. The molecular formula is C20H16BrN5O. The Labute approximate surface area is 164 Å². The van der Waals surface area contributed by atoms with Gasteiger partial charge in [-0.2, -0.15) is 5.10 Å². The second-order valence-electron chi connectivity index (χ2n) is 6.08. The van der Waals surface area contributed by atoms with E-state index >= 15 is 0 Å². The topological polar surface area (TPSA) is 72.7 Å². The average Bonchev–Trinajstić information content (AvgIpc) is 3.00. The molecule has 1 N–H and O–H groups in total. The van der Waals surface area contributed by atoms with Crippen LogP contribution in [0.4, 0.5) is 5.82 Å². The van der Waals surface area contributed by atoms with Crippen LogP contribution in [0.2, 0.25) is 0 Å². The molecule has 0 saturated heterocycles. The molecule has 134 valence electrons. The first-order valence-electron chi connectivity index (χ1n) is 8.41. The third kappa shape index (κ3) is 3.59. The van der Waals surface area contributed by atoms with Crippen LogP contribution in [-0.2, 0) is 11.3 Å². The number of aromatic nitrogens is 4. The number of anilines is 1. The van der Waals surface area contributed by atoms with Crippen molar-refractivity contribution in [1.82, 2.24) is 19.7 Å². The maximum atomic E-state index is 12.4. The van der Waals surface area contributed by atoms with E-state index in [9.17, 15) is 4.79 Å². The van der Waals surface area contributed by atoms with Crippen LogP contribution in [0, 0.1) is 6.92 Å². The van der Waals surface area contributed by atoms with E-state index in [4.69, 9.17) is 0 Å². The van der Waals surface area contributed by atoms with E-state index in [0.29, 0.717) is 11.5 Å². The van der Waals surface area contributed by atoms with Crippen molar-refractivity contribution in [1.29, 1.82) is 0 Å². The van der Waals surface area contributed by atoms with Crippen molar-refractivity contribution in [2.75, 3.05) is 5.32 Å². The van der Waals surface area contributed by atoms with Crippen LogP contribution < -0.4 is 5.32 Å². The largest absolute Gasteiger partial charge is 0.309 e. The van der Waals surface area contributed by atoms with Gasteiger partial charge in [0, 0.05) is 22.3 Å². The summed E-state index contributed by atoms with van der Waals surface area (Å²) in [6.45, 7) is 1.99. The zero-order valence-electron chi connectivity index (χ0n) is 14.6. The molecule has 0 radical (unpaired) electrons. The summed E-state index contributed by atoms with van der Waals surface area (Å²) in [5.74, 6) is 0.287. The highest BCUT2D eigenvalue weighted by atomic mass is 79.9. The van der Waals surface area contributed by atoms with Crippen molar-refractivity contribution in [3.63, 3.8) is 0 Å². The number of carbonyl (C=O) groups excluding carboxylic acids is 1. The number of hydrogen-bond donors (Lipinski definition) is 1. The van der Waals surface area contributed by atoms with E-state index in [-0.39, 0.29) is 12.5 Å². The quantitative estimate of drug-likeness (QED) is 0.535. The molecule has 3 heterocycles. The first-order chi connectivity index (χ1) is 13.1. The van der Waals surface area contributed by atoms with Gasteiger partial charge in [0.25, 0.3) is 0 Å². The van der Waals surface area contributed by atoms with Gasteiger partial charge in [0.2, 0.25) is 5.91 Å². The van der Waals surface area contributed by atoms with Crippen molar-refractivity contribution in [2.24, 2.45) is 0 Å². The van der Waals surface area contributed by atoms with Gasteiger partial charge in [-0.1, -0.05) is 30.3 Å². The molecule has 0 unspecified atom stereocenters. The minimum absolute atomic E-state index is 0.0628. The van der Waals surface area contributed by atoms with Crippen LogP contribution in [0.15, 0.2) is 65.4 Å². The maximum Gasteiger partial charge on any atom is 0.247 e. The van der Waals surface area contributed by atoms with Gasteiger partial charge >= 0.3 is 0 Å². The number of amides is 1. The fourth-order valence-electron chi connectivity index (χ4n) is 3.02. The van der Waals surface area contributed by atoms with E-state index < -0.39 is 0 Å². The lowest BCUT2D eigenvalue weighted by molar-refractivity contribution is -0.116. The highest BCUT2D eigenvalue weighted by Gasteiger charge is 2.16. The summed E-state index contributed by atoms with van der Waals surface area (Å²) < 4.78 is 2.48. The lowest BCUT2D eigenvalue weighted by Gasteiger charge is -2.06. The highest BCUT2D eigenvalue weighted by molar-refractivity contribution is 9.10. The predicted molar refractivity (Wildman–Crippen MR) is 108 cm³/mol. The van der Waals surface area contributed by atoms with Gasteiger partial charge in [0.1, 0.15) is 12.4 Å². The molecule has 0 fully saturated rings. The first kappa shape index (κ1) is 17.4. The second kappa shape index (κ2) is 7.28. The SMILES string of the molecule is Cc1nn(CC(=O)Nc2ccc(Br)cn2)c2nccc(-c3ccccc3)c12. The molecular weight excluding hydrogens is 406 g/mol. The summed E-state index contributed by atoms with van der Waals surface area (Å²) in [4.78, 5) is 21.0. The molecule has 0 bridgehead atoms. The Morgan fingerprint density at radius 3 is 2.67 bits per heavy atom. The zero-order chi connectivity index (χ0) is 18.8. The van der Waals surface area contributed by atoms with Crippen LogP contribution in [0.1, 0.15) is 5.69 Å². The minimum Gasteiger partial charge on any atom is -0.309 e. The van der Waals surface area contributed by atoms with Crippen LogP contribution >= 0.6 is 15.9 Å². The molecule has 6 nitrogen and oxygen atoms in total. The molecule has 1 amide bonds. The van der Waals surface area contributed by atoms with E-state index in [1.165, 1.54) is 0 Å². The van der Waals surface area contributed by atoms with Crippen molar-refractivity contribution in [3.05, 3.63) is 71.1 Å². The number of halogens is 1. The van der Waals surface area contributed by atoms with Crippen molar-refractivity contribution < 1.29 is 4.79 Å². The van der Waals surface area contributed by atoms with Crippen molar-refractivity contribution in [3.8, 4) is 11.1 Å². The van der Waals surface area contributed by atoms with E-state index in [2.05, 4.69) is 48.4 Å². The summed E-state index contributed by atoms with van der Waals surface area (Å²) in [5.41, 5.74) is 3.68. The molecule has 0 saturated carbocycles. The lowest BCUT2D eigenvalue weighted by Crippen LogP contribution is -2.20. The average molecular weight is 422 g/mol. The Hall–Kier alpha value is -3.06. The Balaban J connectivity index is 1.65. The molecule has 4 aromatic rings. The molecule has 27 heavy (non-hydrogen) atoms. The minimum atomic E-state index is -0.207. The van der Waals surface area contributed by atoms with Crippen molar-refractivity contribution in [2.45, 2.75) is 13.5 Å². The molecule has 4 rings (SSSR count). The number of carbonyl (C=O) groups is 1. The second-order valence-corrected chi connectivity index (χ2v) is 6.99. The smallest absolute Gasteiger partial charge is 0.247 e. The van der Waals surface area contributed by atoms with Crippen LogP contribution in [0.3, 0.4) is 0 Å². The molecule has 0 aliphatic heterocycles. The Morgan fingerprint density at radius 2 is 1.93 bits per heavy atom. The first-order valence-corrected chi connectivity index (χ1v) is 9.20. The van der Waals surface area contributed by atoms with E-state index in [0.717, 1.165) is 26.7 Å². The Morgan fingerprint density at radius 1 is 1.11 bits per heavy atom. The predicted octanol–water partition coefficient (Wildman–Crippen LogP) is 4.20. The summed E-state index contributed by atoms with van der Waals surface area (Å²) in [7, 11) is 0. The van der Waals surface area contributed by atoms with Gasteiger partial charge in [-0.15, -0.1) is 0 Å². The molecule has 0 aliphatic rings. The molecule has 1 aromatic carbocycles. The third-order valence-electron chi connectivity index (χ3n) is 4.18. The van der Waals surface area contributed by atoms with Crippen molar-refractivity contribution >= 4 is 38.7 Å². The van der Waals surface area contributed by atoms with Gasteiger partial charge < -0.3 is 5.32 Å². The fourth-order valence-corrected chi connectivity index (χ4v) is 3.25. The molecule has 0 spiro atoms.